The van der Waals surface area contributed by atoms with Crippen molar-refractivity contribution in [1.82, 2.24) is 4.90 Å². The van der Waals surface area contributed by atoms with Crippen molar-refractivity contribution in [2.75, 3.05) is 13.1 Å². The highest BCUT2D eigenvalue weighted by Crippen LogP contribution is 2.38. The van der Waals surface area contributed by atoms with E-state index in [1.54, 1.807) is 6.07 Å². The number of nitrogens with zero attached hydrogens (tertiary/aromatic N) is 1. The standard InChI is InChI=1S/C13H18N2O2.ClH/c14-5-12-4-11(8-17-12)13(16)15-6-9-2-1-3-10(9)7-15;/h4,8-10H,1-3,5-7,14H2;1H. The summed E-state index contributed by atoms with van der Waals surface area (Å²) < 4.78 is 5.22. The lowest BCUT2D eigenvalue weighted by Gasteiger charge is -2.15. The number of carbonyl (C=O) groups excluding carboxylic acids is 1. The zero-order valence-corrected chi connectivity index (χ0v) is 11.1. The second-order valence-electron chi connectivity index (χ2n) is 5.17. The van der Waals surface area contributed by atoms with E-state index < -0.39 is 0 Å². The van der Waals surface area contributed by atoms with Gasteiger partial charge in [-0.2, -0.15) is 0 Å². The lowest BCUT2D eigenvalue weighted by atomic mass is 10.0. The topological polar surface area (TPSA) is 59.5 Å². The maximum atomic E-state index is 12.2. The average molecular weight is 271 g/mol. The Hall–Kier alpha value is -1.00. The summed E-state index contributed by atoms with van der Waals surface area (Å²) in [5, 5.41) is 0. The summed E-state index contributed by atoms with van der Waals surface area (Å²) in [4.78, 5) is 14.2. The first-order valence-electron chi connectivity index (χ1n) is 6.34. The summed E-state index contributed by atoms with van der Waals surface area (Å²) in [5.41, 5.74) is 6.12. The van der Waals surface area contributed by atoms with Crippen LogP contribution >= 0.6 is 12.4 Å². The number of halogens is 1. The van der Waals surface area contributed by atoms with E-state index in [9.17, 15) is 4.79 Å². The van der Waals surface area contributed by atoms with Crippen LogP contribution < -0.4 is 5.73 Å². The van der Waals surface area contributed by atoms with E-state index >= 15 is 0 Å². The van der Waals surface area contributed by atoms with Crippen molar-refractivity contribution in [3.8, 4) is 0 Å². The molecule has 100 valence electrons. The molecule has 1 saturated carbocycles. The van der Waals surface area contributed by atoms with Gasteiger partial charge in [0.05, 0.1) is 12.1 Å². The molecule has 2 fully saturated rings. The number of carbonyl (C=O) groups is 1. The molecular formula is C13H19ClN2O2. The number of likely N-dealkylation sites (tertiary alicyclic amines) is 1. The Labute approximate surface area is 113 Å². The summed E-state index contributed by atoms with van der Waals surface area (Å²) >= 11 is 0. The fourth-order valence-corrected chi connectivity index (χ4v) is 3.18. The van der Waals surface area contributed by atoms with Crippen LogP contribution in [0.25, 0.3) is 0 Å². The van der Waals surface area contributed by atoms with Crippen LogP contribution in [0, 0.1) is 11.8 Å². The van der Waals surface area contributed by atoms with Crippen LogP contribution in [0.5, 0.6) is 0 Å². The van der Waals surface area contributed by atoms with E-state index in [4.69, 9.17) is 10.2 Å². The Kier molecular flexibility index (Phi) is 3.97. The molecule has 2 atom stereocenters. The Balaban J connectivity index is 0.00000120. The van der Waals surface area contributed by atoms with Gasteiger partial charge in [0.15, 0.2) is 0 Å². The zero-order valence-electron chi connectivity index (χ0n) is 10.3. The molecule has 18 heavy (non-hydrogen) atoms. The van der Waals surface area contributed by atoms with Gasteiger partial charge in [-0.3, -0.25) is 4.79 Å². The molecule has 4 nitrogen and oxygen atoms in total. The third-order valence-corrected chi connectivity index (χ3v) is 4.12. The van der Waals surface area contributed by atoms with E-state index in [-0.39, 0.29) is 18.3 Å². The Morgan fingerprint density at radius 1 is 1.39 bits per heavy atom. The van der Waals surface area contributed by atoms with Crippen LogP contribution in [-0.2, 0) is 6.54 Å². The molecule has 3 rings (SSSR count). The number of furan rings is 1. The first-order chi connectivity index (χ1) is 8.28. The van der Waals surface area contributed by atoms with Crippen LogP contribution in [0.1, 0.15) is 35.4 Å². The van der Waals surface area contributed by atoms with E-state index in [1.807, 2.05) is 4.90 Å². The average Bonchev–Trinajstić information content (AvgIpc) is 3.02. The highest BCUT2D eigenvalue weighted by molar-refractivity contribution is 5.94. The minimum Gasteiger partial charge on any atom is -0.467 e. The molecule has 2 N–H and O–H groups in total. The van der Waals surface area contributed by atoms with Crippen molar-refractivity contribution in [2.24, 2.45) is 17.6 Å². The van der Waals surface area contributed by atoms with Gasteiger partial charge in [0.1, 0.15) is 12.0 Å². The summed E-state index contributed by atoms with van der Waals surface area (Å²) in [6.45, 7) is 2.19. The normalized spacial score (nSPS) is 25.9. The molecule has 0 radical (unpaired) electrons. The van der Waals surface area contributed by atoms with Crippen LogP contribution in [0.4, 0.5) is 0 Å². The van der Waals surface area contributed by atoms with Crippen molar-refractivity contribution in [1.29, 1.82) is 0 Å². The molecule has 2 heterocycles. The molecule has 0 aromatic carbocycles. The van der Waals surface area contributed by atoms with E-state index in [1.165, 1.54) is 25.5 Å². The monoisotopic (exact) mass is 270 g/mol. The Bertz CT molecular complexity index is 420. The highest BCUT2D eigenvalue weighted by atomic mass is 35.5. The molecule has 1 aromatic heterocycles. The fourth-order valence-electron chi connectivity index (χ4n) is 3.18. The molecular weight excluding hydrogens is 252 g/mol. The Morgan fingerprint density at radius 2 is 2.06 bits per heavy atom. The van der Waals surface area contributed by atoms with E-state index in [2.05, 4.69) is 0 Å². The van der Waals surface area contributed by atoms with Gasteiger partial charge in [0, 0.05) is 13.1 Å². The molecule has 0 bridgehead atoms. The van der Waals surface area contributed by atoms with Gasteiger partial charge in [0.25, 0.3) is 5.91 Å². The molecule has 1 saturated heterocycles. The number of amides is 1. The Morgan fingerprint density at radius 3 is 2.61 bits per heavy atom. The smallest absolute Gasteiger partial charge is 0.257 e. The first-order valence-corrected chi connectivity index (χ1v) is 6.34. The van der Waals surface area contributed by atoms with Gasteiger partial charge in [-0.15, -0.1) is 12.4 Å². The van der Waals surface area contributed by atoms with Gasteiger partial charge >= 0.3 is 0 Å². The van der Waals surface area contributed by atoms with Crippen molar-refractivity contribution < 1.29 is 9.21 Å². The molecule has 2 aliphatic rings. The second kappa shape index (κ2) is 5.33. The number of hydrogen-bond donors (Lipinski definition) is 1. The van der Waals surface area contributed by atoms with Gasteiger partial charge in [-0.25, -0.2) is 0 Å². The van der Waals surface area contributed by atoms with Crippen LogP contribution in [0.2, 0.25) is 0 Å². The maximum Gasteiger partial charge on any atom is 0.257 e. The van der Waals surface area contributed by atoms with Gasteiger partial charge in [0.2, 0.25) is 0 Å². The lowest BCUT2D eigenvalue weighted by molar-refractivity contribution is 0.0780. The summed E-state index contributed by atoms with van der Waals surface area (Å²) in [5.74, 6) is 2.25. The van der Waals surface area contributed by atoms with Crippen molar-refractivity contribution in [2.45, 2.75) is 25.8 Å². The highest BCUT2D eigenvalue weighted by Gasteiger charge is 2.38. The molecule has 1 amide bonds. The first kappa shape index (κ1) is 13.4. The van der Waals surface area contributed by atoms with Gasteiger partial charge in [-0.1, -0.05) is 6.42 Å². The molecule has 1 aromatic rings. The van der Waals surface area contributed by atoms with Crippen LogP contribution in [0.15, 0.2) is 16.7 Å². The number of fused-ring (bicyclic) bond motifs is 1. The molecule has 5 heteroatoms. The van der Waals surface area contributed by atoms with Crippen molar-refractivity contribution >= 4 is 18.3 Å². The summed E-state index contributed by atoms with van der Waals surface area (Å²) in [6.07, 6.45) is 5.43. The molecule has 2 unspecified atom stereocenters. The summed E-state index contributed by atoms with van der Waals surface area (Å²) in [7, 11) is 0. The van der Waals surface area contributed by atoms with Crippen LogP contribution in [0.3, 0.4) is 0 Å². The predicted molar refractivity (Wildman–Crippen MR) is 70.6 cm³/mol. The summed E-state index contributed by atoms with van der Waals surface area (Å²) in [6, 6.07) is 1.76. The number of rotatable bonds is 2. The lowest BCUT2D eigenvalue weighted by Crippen LogP contribution is -2.29. The van der Waals surface area contributed by atoms with E-state index in [0.717, 1.165) is 24.9 Å². The molecule has 0 spiro atoms. The maximum absolute atomic E-state index is 12.2. The third kappa shape index (κ3) is 2.27. The number of hydrogen-bond acceptors (Lipinski definition) is 3. The molecule has 1 aliphatic heterocycles. The van der Waals surface area contributed by atoms with Crippen molar-refractivity contribution in [3.63, 3.8) is 0 Å². The molecule has 1 aliphatic carbocycles. The van der Waals surface area contributed by atoms with Crippen LogP contribution in [-0.4, -0.2) is 23.9 Å². The zero-order chi connectivity index (χ0) is 11.8. The van der Waals surface area contributed by atoms with E-state index in [0.29, 0.717) is 17.9 Å². The minimum atomic E-state index is 0. The predicted octanol–water partition coefficient (Wildman–Crippen LogP) is 2.03. The van der Waals surface area contributed by atoms with Gasteiger partial charge < -0.3 is 15.1 Å². The number of nitrogens with two attached hydrogens (primary N) is 1. The quantitative estimate of drug-likeness (QED) is 0.895. The van der Waals surface area contributed by atoms with Crippen molar-refractivity contribution in [3.05, 3.63) is 23.7 Å². The fraction of sp³-hybridized carbons (Fsp3) is 0.615. The largest absolute Gasteiger partial charge is 0.467 e. The third-order valence-electron chi connectivity index (χ3n) is 4.12. The second-order valence-corrected chi connectivity index (χ2v) is 5.17. The van der Waals surface area contributed by atoms with Gasteiger partial charge in [-0.05, 0) is 30.7 Å². The minimum absolute atomic E-state index is 0. The SMILES string of the molecule is Cl.NCc1cc(C(=O)N2CC3CCCC3C2)co1.